The topological polar surface area (TPSA) is 41.1 Å². The van der Waals surface area contributed by atoms with Crippen LogP contribution in [0.5, 0.6) is 0 Å². The largest absolute Gasteiger partial charge is 0.383 e. The van der Waals surface area contributed by atoms with Crippen molar-refractivity contribution in [3.05, 3.63) is 45.3 Å². The van der Waals surface area contributed by atoms with Crippen LogP contribution in [0.2, 0.25) is 5.15 Å². The van der Waals surface area contributed by atoms with E-state index >= 15 is 0 Å². The van der Waals surface area contributed by atoms with Crippen molar-refractivity contribution in [2.45, 2.75) is 13.0 Å². The molecule has 0 bridgehead atoms. The zero-order chi connectivity index (χ0) is 14.1. The minimum atomic E-state index is 0.454. The summed E-state index contributed by atoms with van der Waals surface area (Å²) in [5.74, 6) is 0.855. The van der Waals surface area contributed by atoms with Gasteiger partial charge in [0.25, 0.3) is 0 Å². The van der Waals surface area contributed by atoms with Crippen molar-refractivity contribution in [3.8, 4) is 0 Å². The highest BCUT2D eigenvalue weighted by atomic mass is 79.9. The van der Waals surface area contributed by atoms with Crippen molar-refractivity contribution in [2.75, 3.05) is 23.8 Å². The van der Waals surface area contributed by atoms with Crippen LogP contribution in [0.3, 0.4) is 0 Å². The average molecular weight is 354 g/mol. The van der Waals surface area contributed by atoms with Crippen LogP contribution < -0.4 is 10.2 Å². The first-order valence-corrected chi connectivity index (χ1v) is 7.57. The van der Waals surface area contributed by atoms with E-state index in [0.717, 1.165) is 35.5 Å². The molecule has 1 aromatic carbocycles. The van der Waals surface area contributed by atoms with Crippen LogP contribution in [-0.2, 0) is 13.0 Å². The number of hydrogen-bond acceptors (Lipinski definition) is 4. The van der Waals surface area contributed by atoms with Crippen LogP contribution in [0.4, 0.5) is 11.5 Å². The first-order chi connectivity index (χ1) is 9.70. The molecule has 0 spiro atoms. The van der Waals surface area contributed by atoms with E-state index in [4.69, 9.17) is 11.6 Å². The van der Waals surface area contributed by atoms with Crippen LogP contribution in [0.1, 0.15) is 11.1 Å². The molecule has 104 valence electrons. The van der Waals surface area contributed by atoms with Crippen molar-refractivity contribution >= 4 is 39.0 Å². The first kappa shape index (κ1) is 13.6. The Balaban J connectivity index is 1.98. The smallest absolute Gasteiger partial charge is 0.157 e. The minimum Gasteiger partial charge on any atom is -0.383 e. The van der Waals surface area contributed by atoms with E-state index in [2.05, 4.69) is 54.3 Å². The second-order valence-electron chi connectivity index (χ2n) is 4.66. The lowest BCUT2D eigenvalue weighted by Crippen LogP contribution is -2.32. The Morgan fingerprint density at radius 3 is 3.00 bits per heavy atom. The van der Waals surface area contributed by atoms with Crippen molar-refractivity contribution < 1.29 is 0 Å². The third kappa shape index (κ3) is 2.36. The predicted molar refractivity (Wildman–Crippen MR) is 85.5 cm³/mol. The van der Waals surface area contributed by atoms with Gasteiger partial charge in [0.05, 0.1) is 0 Å². The van der Waals surface area contributed by atoms with E-state index in [1.807, 2.05) is 7.05 Å². The van der Waals surface area contributed by atoms with Gasteiger partial charge in [-0.2, -0.15) is 0 Å². The van der Waals surface area contributed by atoms with E-state index in [0.29, 0.717) is 5.15 Å². The summed E-state index contributed by atoms with van der Waals surface area (Å²) >= 11 is 9.76. The molecule has 1 aromatic heterocycles. The highest BCUT2D eigenvalue weighted by Gasteiger charge is 2.22. The molecule has 20 heavy (non-hydrogen) atoms. The van der Waals surface area contributed by atoms with Crippen LogP contribution >= 0.6 is 27.5 Å². The average Bonchev–Trinajstić information content (AvgIpc) is 2.47. The molecule has 0 atom stereocenters. The lowest BCUT2D eigenvalue weighted by Gasteiger charge is -2.31. The molecular weight excluding hydrogens is 340 g/mol. The lowest BCUT2D eigenvalue weighted by molar-refractivity contribution is 0.717. The van der Waals surface area contributed by atoms with E-state index in [1.54, 1.807) is 0 Å². The number of benzene rings is 1. The van der Waals surface area contributed by atoms with Crippen LogP contribution in [0.25, 0.3) is 0 Å². The molecule has 2 heterocycles. The summed E-state index contributed by atoms with van der Waals surface area (Å²) in [6.45, 7) is 1.74. The normalized spacial score (nSPS) is 14.1. The number of anilines is 2. The Morgan fingerprint density at radius 1 is 1.35 bits per heavy atom. The van der Waals surface area contributed by atoms with Crippen molar-refractivity contribution in [1.82, 2.24) is 9.97 Å². The molecule has 6 heteroatoms. The number of hydrogen-bond donors (Lipinski definition) is 1. The summed E-state index contributed by atoms with van der Waals surface area (Å²) in [5, 5.41) is 3.54. The highest BCUT2D eigenvalue weighted by molar-refractivity contribution is 9.10. The van der Waals surface area contributed by atoms with Gasteiger partial charge in [-0.15, -0.1) is 0 Å². The van der Waals surface area contributed by atoms with Gasteiger partial charge in [0.15, 0.2) is 11.0 Å². The Labute approximate surface area is 131 Å². The Kier molecular flexibility index (Phi) is 3.81. The van der Waals surface area contributed by atoms with Gasteiger partial charge in [0.1, 0.15) is 12.0 Å². The fraction of sp³-hybridized carbons (Fsp3) is 0.286. The van der Waals surface area contributed by atoms with Gasteiger partial charge < -0.3 is 10.2 Å². The summed E-state index contributed by atoms with van der Waals surface area (Å²) in [7, 11) is 1.84. The summed E-state index contributed by atoms with van der Waals surface area (Å²) < 4.78 is 1.14. The third-order valence-electron chi connectivity index (χ3n) is 3.55. The second-order valence-corrected chi connectivity index (χ2v) is 5.87. The number of aromatic nitrogens is 2. The summed E-state index contributed by atoms with van der Waals surface area (Å²) in [6.07, 6.45) is 2.51. The standard InChI is InChI=1S/C14H14BrClN4/c1-17-12-13(16)18-8-19-14(12)20-6-5-9-3-2-4-11(15)10(9)7-20/h2-4,8,17H,5-7H2,1H3. The van der Waals surface area contributed by atoms with Crippen molar-refractivity contribution in [2.24, 2.45) is 0 Å². The van der Waals surface area contributed by atoms with E-state index < -0.39 is 0 Å². The van der Waals surface area contributed by atoms with Crippen molar-refractivity contribution in [1.29, 1.82) is 0 Å². The molecule has 1 aliphatic heterocycles. The fourth-order valence-electron chi connectivity index (χ4n) is 2.53. The van der Waals surface area contributed by atoms with E-state index in [9.17, 15) is 0 Å². The van der Waals surface area contributed by atoms with Crippen molar-refractivity contribution in [3.63, 3.8) is 0 Å². The van der Waals surface area contributed by atoms with Crippen LogP contribution in [0, 0.1) is 0 Å². The molecular formula is C14H14BrClN4. The molecule has 0 radical (unpaired) electrons. The highest BCUT2D eigenvalue weighted by Crippen LogP contribution is 2.34. The fourth-order valence-corrected chi connectivity index (χ4v) is 3.29. The van der Waals surface area contributed by atoms with Gasteiger partial charge in [0.2, 0.25) is 0 Å². The third-order valence-corrected chi connectivity index (χ3v) is 4.58. The van der Waals surface area contributed by atoms with Gasteiger partial charge >= 0.3 is 0 Å². The van der Waals surface area contributed by atoms with Crippen LogP contribution in [-0.4, -0.2) is 23.6 Å². The molecule has 3 rings (SSSR count). The number of halogens is 2. The van der Waals surface area contributed by atoms with E-state index in [1.165, 1.54) is 17.5 Å². The maximum absolute atomic E-state index is 6.13. The summed E-state index contributed by atoms with van der Waals surface area (Å²) in [6, 6.07) is 6.34. The molecule has 2 aromatic rings. The van der Waals surface area contributed by atoms with Gasteiger partial charge in [-0.05, 0) is 23.6 Å². The SMILES string of the molecule is CNc1c(Cl)ncnc1N1CCc2cccc(Br)c2C1. The summed E-state index contributed by atoms with van der Waals surface area (Å²) in [4.78, 5) is 10.6. The molecule has 0 aliphatic carbocycles. The maximum atomic E-state index is 6.13. The van der Waals surface area contributed by atoms with Crippen LogP contribution in [0.15, 0.2) is 29.0 Å². The lowest BCUT2D eigenvalue weighted by atomic mass is 10.00. The minimum absolute atomic E-state index is 0.454. The maximum Gasteiger partial charge on any atom is 0.157 e. The molecule has 1 N–H and O–H groups in total. The second kappa shape index (κ2) is 5.58. The first-order valence-electron chi connectivity index (χ1n) is 6.40. The molecule has 0 fully saturated rings. The number of rotatable bonds is 2. The number of fused-ring (bicyclic) bond motifs is 1. The molecule has 1 aliphatic rings. The zero-order valence-electron chi connectivity index (χ0n) is 11.0. The number of nitrogens with zero attached hydrogens (tertiary/aromatic N) is 3. The number of nitrogens with one attached hydrogen (secondary N) is 1. The molecule has 0 unspecified atom stereocenters. The monoisotopic (exact) mass is 352 g/mol. The van der Waals surface area contributed by atoms with Gasteiger partial charge in [0, 0.05) is 24.6 Å². The Hall–Kier alpha value is -1.33. The van der Waals surface area contributed by atoms with Gasteiger partial charge in [-0.3, -0.25) is 0 Å². The molecule has 4 nitrogen and oxygen atoms in total. The molecule has 0 amide bonds. The quantitative estimate of drug-likeness (QED) is 0.839. The van der Waals surface area contributed by atoms with Gasteiger partial charge in [-0.1, -0.05) is 39.7 Å². The van der Waals surface area contributed by atoms with Gasteiger partial charge in [-0.25, -0.2) is 9.97 Å². The molecule has 0 saturated carbocycles. The van der Waals surface area contributed by atoms with E-state index in [-0.39, 0.29) is 0 Å². The predicted octanol–water partition coefficient (Wildman–Crippen LogP) is 3.50. The zero-order valence-corrected chi connectivity index (χ0v) is 13.4. The Morgan fingerprint density at radius 2 is 2.20 bits per heavy atom. The summed E-state index contributed by atoms with van der Waals surface area (Å²) in [5.41, 5.74) is 3.49. The molecule has 0 saturated heterocycles. The Bertz CT molecular complexity index is 647.